The molecule has 46 heavy (non-hydrogen) atoms. The van der Waals surface area contributed by atoms with Crippen LogP contribution < -0.4 is 4.90 Å². The van der Waals surface area contributed by atoms with E-state index >= 15 is 0 Å². The van der Waals surface area contributed by atoms with Crippen LogP contribution in [-0.4, -0.2) is 29.6 Å². The second kappa shape index (κ2) is 12.2. The fraction of sp³-hybridized carbons (Fsp3) is 0.486. The maximum atomic E-state index is 13.8. The molecule has 3 aliphatic rings. The molecule has 0 saturated carbocycles. The fourth-order valence-corrected chi connectivity index (χ4v) is 7.26. The van der Waals surface area contributed by atoms with Crippen molar-refractivity contribution in [1.82, 2.24) is 0 Å². The van der Waals surface area contributed by atoms with E-state index in [1.165, 1.54) is 0 Å². The first-order valence-electron chi connectivity index (χ1n) is 15.4. The Morgan fingerprint density at radius 2 is 1.54 bits per heavy atom. The molecular formula is C35H37F6NO4. The highest BCUT2D eigenvalue weighted by Crippen LogP contribution is 2.52. The van der Waals surface area contributed by atoms with Crippen molar-refractivity contribution in [1.29, 1.82) is 0 Å². The molecule has 248 valence electrons. The van der Waals surface area contributed by atoms with Gasteiger partial charge in [0.25, 0.3) is 0 Å². The molecule has 0 radical (unpaired) electrons. The van der Waals surface area contributed by atoms with E-state index in [1.54, 1.807) is 0 Å². The Morgan fingerprint density at radius 3 is 2.07 bits per heavy atom. The minimum absolute atomic E-state index is 0.0174. The lowest BCUT2D eigenvalue weighted by molar-refractivity contribution is -0.143. The summed E-state index contributed by atoms with van der Waals surface area (Å²) in [5, 5.41) is 10.1. The molecule has 4 atom stereocenters. The number of allylic oxidation sites excluding steroid dienone is 2. The zero-order valence-corrected chi connectivity index (χ0v) is 26.3. The van der Waals surface area contributed by atoms with Gasteiger partial charge in [0.05, 0.1) is 41.4 Å². The number of anilines is 1. The summed E-state index contributed by atoms with van der Waals surface area (Å²) in [6.45, 7) is 9.78. The number of alkyl halides is 6. The number of aromatic hydroxyl groups is 1. The first-order chi connectivity index (χ1) is 21.4. The SMILES string of the molecule is CC/C(=C\c1cc(C)c(O)c(C)c1)CC[C@H]1OC[C@H]2C1=C(C(C)C)C[C@H]1C(=O)N(c3cc(C(F)(F)F)cc(C(F)(F)F)c3)C(=O)[C@H]12. The van der Waals surface area contributed by atoms with Crippen molar-refractivity contribution in [2.24, 2.45) is 23.7 Å². The third-order valence-electron chi connectivity index (χ3n) is 9.54. The van der Waals surface area contributed by atoms with Gasteiger partial charge in [-0.2, -0.15) is 26.3 Å². The van der Waals surface area contributed by atoms with Crippen molar-refractivity contribution in [2.75, 3.05) is 11.5 Å². The minimum Gasteiger partial charge on any atom is -0.507 e. The third-order valence-corrected chi connectivity index (χ3v) is 9.54. The zero-order valence-electron chi connectivity index (χ0n) is 26.3. The number of hydrogen-bond donors (Lipinski definition) is 1. The van der Waals surface area contributed by atoms with Crippen molar-refractivity contribution < 1.29 is 45.8 Å². The smallest absolute Gasteiger partial charge is 0.416 e. The Hall–Kier alpha value is -3.60. The van der Waals surface area contributed by atoms with Gasteiger partial charge >= 0.3 is 12.4 Å². The second-order valence-electron chi connectivity index (χ2n) is 12.9. The maximum Gasteiger partial charge on any atom is 0.416 e. The molecule has 2 aliphatic heterocycles. The standard InChI is InChI=1S/C35H37F6NO4/c1-6-20(11-21-9-18(4)31(43)19(5)10-21)7-8-28-29-25(17(2)3)15-26-30(27(29)16-46-28)33(45)42(32(26)44)24-13-22(34(36,37)38)12-23(14-24)35(39,40)41/h9-14,17,26-28,30,43H,6-8,15-16H2,1-5H3/b20-11+/t26-,27+,28-,30-/m1/s1. The van der Waals surface area contributed by atoms with Crippen LogP contribution in [0, 0.1) is 37.5 Å². The maximum absolute atomic E-state index is 13.8. The van der Waals surface area contributed by atoms with Gasteiger partial charge in [0.1, 0.15) is 5.75 Å². The van der Waals surface area contributed by atoms with Crippen LogP contribution in [0.5, 0.6) is 5.75 Å². The predicted octanol–water partition coefficient (Wildman–Crippen LogP) is 8.80. The van der Waals surface area contributed by atoms with Gasteiger partial charge < -0.3 is 9.84 Å². The molecule has 2 aromatic carbocycles. The molecule has 2 amide bonds. The number of phenols is 1. The number of amides is 2. The van der Waals surface area contributed by atoms with Crippen LogP contribution in [-0.2, 0) is 26.7 Å². The number of ether oxygens (including phenoxy) is 1. The average molecular weight is 650 g/mol. The Labute approximate surface area is 263 Å². The molecular weight excluding hydrogens is 612 g/mol. The Balaban J connectivity index is 1.44. The van der Waals surface area contributed by atoms with Crippen LogP contribution in [0.15, 0.2) is 47.1 Å². The van der Waals surface area contributed by atoms with Gasteiger partial charge in [-0.25, -0.2) is 4.90 Å². The normalized spacial score (nSPS) is 23.9. The number of halogens is 6. The molecule has 2 saturated heterocycles. The number of hydrogen-bond acceptors (Lipinski definition) is 4. The van der Waals surface area contributed by atoms with Crippen LogP contribution in [0.3, 0.4) is 0 Å². The number of aryl methyl sites for hydroxylation is 2. The summed E-state index contributed by atoms with van der Waals surface area (Å²) >= 11 is 0. The number of carbonyl (C=O) groups is 2. The van der Waals surface area contributed by atoms with E-state index in [9.17, 15) is 41.0 Å². The van der Waals surface area contributed by atoms with Crippen LogP contribution in [0.1, 0.15) is 74.3 Å². The number of nitrogens with zero attached hydrogens (tertiary/aromatic N) is 1. The van der Waals surface area contributed by atoms with Crippen LogP contribution >= 0.6 is 0 Å². The van der Waals surface area contributed by atoms with Gasteiger partial charge in [0.2, 0.25) is 11.8 Å². The van der Waals surface area contributed by atoms with Crippen molar-refractivity contribution in [3.63, 3.8) is 0 Å². The lowest BCUT2D eigenvalue weighted by Gasteiger charge is -2.33. The van der Waals surface area contributed by atoms with E-state index < -0.39 is 58.7 Å². The van der Waals surface area contributed by atoms with Crippen LogP contribution in [0.25, 0.3) is 6.08 Å². The number of fused-ring (bicyclic) bond motifs is 3. The number of phenolic OH excluding ortho intramolecular Hbond substituents is 1. The molecule has 0 bridgehead atoms. The summed E-state index contributed by atoms with van der Waals surface area (Å²) in [5.41, 5.74) is 1.64. The molecule has 11 heteroatoms. The Bertz CT molecular complexity index is 1560. The summed E-state index contributed by atoms with van der Waals surface area (Å²) in [6, 6.07) is 4.68. The third kappa shape index (κ3) is 6.22. The summed E-state index contributed by atoms with van der Waals surface area (Å²) in [4.78, 5) is 28.0. The molecule has 5 rings (SSSR count). The highest BCUT2D eigenvalue weighted by molar-refractivity contribution is 6.22. The first kappa shape index (κ1) is 33.8. The minimum atomic E-state index is -5.12. The van der Waals surface area contributed by atoms with Gasteiger partial charge in [-0.15, -0.1) is 0 Å². The largest absolute Gasteiger partial charge is 0.507 e. The second-order valence-corrected chi connectivity index (χ2v) is 12.9. The Kier molecular flexibility index (Phi) is 8.96. The van der Waals surface area contributed by atoms with Gasteiger partial charge in [-0.1, -0.05) is 38.0 Å². The van der Waals surface area contributed by atoms with E-state index in [0.717, 1.165) is 39.8 Å². The number of carbonyl (C=O) groups excluding carboxylic acids is 2. The molecule has 2 heterocycles. The average Bonchev–Trinajstić information content (AvgIpc) is 3.50. The van der Waals surface area contributed by atoms with E-state index in [4.69, 9.17) is 4.74 Å². The molecule has 0 spiro atoms. The molecule has 0 unspecified atom stereocenters. The van der Waals surface area contributed by atoms with Crippen molar-refractivity contribution in [3.05, 3.63) is 74.9 Å². The zero-order chi connectivity index (χ0) is 33.9. The highest BCUT2D eigenvalue weighted by Gasteiger charge is 2.58. The van der Waals surface area contributed by atoms with Gasteiger partial charge in [0.15, 0.2) is 0 Å². The van der Waals surface area contributed by atoms with Crippen LogP contribution in [0.4, 0.5) is 32.0 Å². The lowest BCUT2D eigenvalue weighted by atomic mass is 9.67. The fourth-order valence-electron chi connectivity index (χ4n) is 7.26. The predicted molar refractivity (Wildman–Crippen MR) is 161 cm³/mol. The molecule has 2 fully saturated rings. The van der Waals surface area contributed by atoms with Crippen molar-refractivity contribution in [3.8, 4) is 5.75 Å². The monoisotopic (exact) mass is 649 g/mol. The first-order valence-corrected chi connectivity index (χ1v) is 15.4. The number of imide groups is 1. The van der Waals surface area contributed by atoms with E-state index in [2.05, 4.69) is 6.08 Å². The van der Waals surface area contributed by atoms with Crippen molar-refractivity contribution >= 4 is 23.6 Å². The van der Waals surface area contributed by atoms with Gasteiger partial charge in [0, 0.05) is 5.92 Å². The lowest BCUT2D eigenvalue weighted by Crippen LogP contribution is -2.35. The van der Waals surface area contributed by atoms with Crippen LogP contribution in [0.2, 0.25) is 0 Å². The molecule has 2 aromatic rings. The number of rotatable bonds is 7. The Morgan fingerprint density at radius 1 is 0.957 bits per heavy atom. The molecule has 1 N–H and O–H groups in total. The van der Waals surface area contributed by atoms with Gasteiger partial charge in [-0.3, -0.25) is 9.59 Å². The molecule has 0 aromatic heterocycles. The molecule has 5 nitrogen and oxygen atoms in total. The van der Waals surface area contributed by atoms with Gasteiger partial charge in [-0.05, 0) is 98.0 Å². The highest BCUT2D eigenvalue weighted by atomic mass is 19.4. The number of benzene rings is 2. The van der Waals surface area contributed by atoms with E-state index in [-0.39, 0.29) is 36.9 Å². The van der Waals surface area contributed by atoms with Crippen molar-refractivity contribution in [2.45, 2.75) is 78.8 Å². The summed E-state index contributed by atoms with van der Waals surface area (Å²) in [7, 11) is 0. The molecule has 1 aliphatic carbocycles. The topological polar surface area (TPSA) is 66.8 Å². The quantitative estimate of drug-likeness (QED) is 0.185. The summed E-state index contributed by atoms with van der Waals surface area (Å²) in [5.74, 6) is -3.71. The van der Waals surface area contributed by atoms with E-state index in [1.807, 2.05) is 46.8 Å². The van der Waals surface area contributed by atoms with E-state index in [0.29, 0.717) is 29.9 Å². The summed E-state index contributed by atoms with van der Waals surface area (Å²) in [6.07, 6.45) is -6.26. The summed E-state index contributed by atoms with van der Waals surface area (Å²) < 4.78 is 87.9.